The molecule has 0 saturated carbocycles. The molecule has 8 heteroatoms. The maximum atomic E-state index is 13.1. The van der Waals surface area contributed by atoms with E-state index in [0.717, 1.165) is 10.8 Å². The summed E-state index contributed by atoms with van der Waals surface area (Å²) in [6.07, 6.45) is 0. The second-order valence-electron chi connectivity index (χ2n) is 4.52. The van der Waals surface area contributed by atoms with Crippen molar-refractivity contribution in [2.75, 3.05) is 5.32 Å². The van der Waals surface area contributed by atoms with Gasteiger partial charge in [-0.05, 0) is 42.5 Å². The third-order valence-corrected chi connectivity index (χ3v) is 4.35. The van der Waals surface area contributed by atoms with Crippen LogP contribution < -0.4 is 10.6 Å². The molecule has 0 aliphatic heterocycles. The Bertz CT molecular complexity index is 913. The zero-order chi connectivity index (χ0) is 16.4. The number of para-hydroxylation sites is 1. The number of nitrogens with zero attached hydrogens (tertiary/aromatic N) is 1. The molecule has 0 saturated heterocycles. The lowest BCUT2D eigenvalue weighted by Gasteiger charge is -2.07. The molecule has 0 aliphatic rings. The van der Waals surface area contributed by atoms with Crippen molar-refractivity contribution in [3.63, 3.8) is 0 Å². The number of nitrogens with one attached hydrogen (secondary N) is 2. The summed E-state index contributed by atoms with van der Waals surface area (Å²) in [4.78, 5) is 16.3. The van der Waals surface area contributed by atoms with E-state index in [1.54, 1.807) is 6.07 Å². The van der Waals surface area contributed by atoms with Gasteiger partial charge in [0.2, 0.25) is 0 Å². The number of thiazole rings is 1. The molecule has 0 fully saturated rings. The van der Waals surface area contributed by atoms with Gasteiger partial charge < -0.3 is 5.32 Å². The second-order valence-corrected chi connectivity index (χ2v) is 6.37. The Kier molecular flexibility index (Phi) is 4.51. The normalized spacial score (nSPS) is 10.5. The molecular weight excluding hydrogens is 357 g/mol. The summed E-state index contributed by atoms with van der Waals surface area (Å²) in [5.41, 5.74) is 0.849. The number of amides is 1. The summed E-state index contributed by atoms with van der Waals surface area (Å²) in [5, 5.41) is 6.44. The van der Waals surface area contributed by atoms with Gasteiger partial charge in [0.1, 0.15) is 11.3 Å². The molecule has 0 unspecified atom stereocenters. The first-order valence-electron chi connectivity index (χ1n) is 6.46. The zero-order valence-corrected chi connectivity index (χ0v) is 13.9. The number of hydrogen-bond donors (Lipinski definition) is 2. The van der Waals surface area contributed by atoms with E-state index in [2.05, 4.69) is 15.6 Å². The van der Waals surface area contributed by atoms with E-state index < -0.39 is 11.7 Å². The number of rotatable bonds is 2. The number of carbonyl (C=O) groups is 1. The number of benzene rings is 2. The van der Waals surface area contributed by atoms with E-state index in [1.165, 1.54) is 29.5 Å². The smallest absolute Gasteiger partial charge is 0.257 e. The standard InChI is InChI=1S/C15H9ClFN3OS2/c16-10-5-2-6-11-12(10)18-15(23-11)20-14(22)19-13(21)8-3-1-4-9(17)7-8/h1-7H,(H2,18,19,20,21,22). The summed E-state index contributed by atoms with van der Waals surface area (Å²) >= 11 is 12.5. The summed E-state index contributed by atoms with van der Waals surface area (Å²) in [6, 6.07) is 10.8. The maximum absolute atomic E-state index is 13.1. The molecule has 2 aromatic carbocycles. The molecule has 116 valence electrons. The molecule has 3 aromatic rings. The summed E-state index contributed by atoms with van der Waals surface area (Å²) in [6.45, 7) is 0. The van der Waals surface area contributed by atoms with Crippen molar-refractivity contribution in [3.8, 4) is 0 Å². The van der Waals surface area contributed by atoms with E-state index in [0.29, 0.717) is 15.7 Å². The molecule has 4 nitrogen and oxygen atoms in total. The molecular formula is C15H9ClFN3OS2. The number of carbonyl (C=O) groups excluding carboxylic acids is 1. The van der Waals surface area contributed by atoms with E-state index >= 15 is 0 Å². The molecule has 23 heavy (non-hydrogen) atoms. The molecule has 2 N–H and O–H groups in total. The van der Waals surface area contributed by atoms with Crippen LogP contribution in [0.15, 0.2) is 42.5 Å². The highest BCUT2D eigenvalue weighted by atomic mass is 35.5. The van der Waals surface area contributed by atoms with Gasteiger partial charge in [-0.25, -0.2) is 9.37 Å². The first kappa shape index (κ1) is 15.8. The molecule has 0 bridgehead atoms. The van der Waals surface area contributed by atoms with Crippen LogP contribution in [-0.4, -0.2) is 16.0 Å². The lowest BCUT2D eigenvalue weighted by Crippen LogP contribution is -2.34. The number of aromatic nitrogens is 1. The van der Waals surface area contributed by atoms with E-state index in [1.807, 2.05) is 12.1 Å². The molecule has 0 spiro atoms. The fraction of sp³-hybridized carbons (Fsp3) is 0. The van der Waals surface area contributed by atoms with Crippen LogP contribution in [0.3, 0.4) is 0 Å². The van der Waals surface area contributed by atoms with Crippen LogP contribution in [-0.2, 0) is 0 Å². The average Bonchev–Trinajstić information content (AvgIpc) is 2.91. The van der Waals surface area contributed by atoms with Gasteiger partial charge in [-0.3, -0.25) is 10.1 Å². The zero-order valence-electron chi connectivity index (χ0n) is 11.5. The van der Waals surface area contributed by atoms with Crippen molar-refractivity contribution < 1.29 is 9.18 Å². The Morgan fingerprint density at radius 3 is 2.78 bits per heavy atom. The SMILES string of the molecule is O=C(NC(=S)Nc1nc2c(Cl)cccc2s1)c1cccc(F)c1. The second kappa shape index (κ2) is 6.57. The Morgan fingerprint density at radius 2 is 2.04 bits per heavy atom. The van der Waals surface area contributed by atoms with E-state index in [4.69, 9.17) is 23.8 Å². The van der Waals surface area contributed by atoms with Crippen LogP contribution >= 0.6 is 35.2 Å². The Balaban J connectivity index is 1.71. The van der Waals surface area contributed by atoms with Crippen molar-refractivity contribution in [3.05, 3.63) is 58.9 Å². The van der Waals surface area contributed by atoms with Crippen molar-refractivity contribution in [1.29, 1.82) is 0 Å². The van der Waals surface area contributed by atoms with Gasteiger partial charge in [0.15, 0.2) is 10.2 Å². The quantitative estimate of drug-likeness (QED) is 0.668. The number of thiocarbonyl (C=S) groups is 1. The van der Waals surface area contributed by atoms with Gasteiger partial charge in [0, 0.05) is 5.56 Å². The van der Waals surface area contributed by atoms with Gasteiger partial charge >= 0.3 is 0 Å². The molecule has 0 atom stereocenters. The van der Waals surface area contributed by atoms with Crippen LogP contribution in [0, 0.1) is 5.82 Å². The first-order chi connectivity index (χ1) is 11.0. The Hall–Kier alpha value is -2.09. The van der Waals surface area contributed by atoms with Crippen molar-refractivity contribution in [1.82, 2.24) is 10.3 Å². The summed E-state index contributed by atoms with van der Waals surface area (Å²) in [5.74, 6) is -0.988. The van der Waals surface area contributed by atoms with Crippen LogP contribution in [0.4, 0.5) is 9.52 Å². The van der Waals surface area contributed by atoms with Gasteiger partial charge in [-0.2, -0.15) is 0 Å². The fourth-order valence-corrected chi connectivity index (χ4v) is 3.33. The van der Waals surface area contributed by atoms with Crippen LogP contribution in [0.5, 0.6) is 0 Å². The monoisotopic (exact) mass is 365 g/mol. The van der Waals surface area contributed by atoms with Crippen molar-refractivity contribution in [2.24, 2.45) is 0 Å². The lowest BCUT2D eigenvalue weighted by molar-refractivity contribution is 0.0977. The van der Waals surface area contributed by atoms with E-state index in [-0.39, 0.29) is 10.7 Å². The number of fused-ring (bicyclic) bond motifs is 1. The molecule has 0 radical (unpaired) electrons. The molecule has 1 aromatic heterocycles. The summed E-state index contributed by atoms with van der Waals surface area (Å²) in [7, 11) is 0. The topological polar surface area (TPSA) is 54.0 Å². The minimum Gasteiger partial charge on any atom is -0.308 e. The minimum atomic E-state index is -0.499. The predicted octanol–water partition coefficient (Wildman–Crippen LogP) is 4.22. The molecule has 0 aliphatic carbocycles. The van der Waals surface area contributed by atoms with Crippen molar-refractivity contribution >= 4 is 61.5 Å². The highest BCUT2D eigenvalue weighted by Gasteiger charge is 2.11. The van der Waals surface area contributed by atoms with Gasteiger partial charge in [-0.1, -0.05) is 35.1 Å². The third kappa shape index (κ3) is 3.64. The lowest BCUT2D eigenvalue weighted by atomic mass is 10.2. The fourth-order valence-electron chi connectivity index (χ4n) is 1.90. The molecule has 1 amide bonds. The highest BCUT2D eigenvalue weighted by Crippen LogP contribution is 2.30. The van der Waals surface area contributed by atoms with Gasteiger partial charge in [0.05, 0.1) is 9.72 Å². The highest BCUT2D eigenvalue weighted by molar-refractivity contribution is 7.80. The Labute approximate surface area is 145 Å². The van der Waals surface area contributed by atoms with Crippen LogP contribution in [0.25, 0.3) is 10.2 Å². The van der Waals surface area contributed by atoms with Crippen LogP contribution in [0.1, 0.15) is 10.4 Å². The third-order valence-electron chi connectivity index (χ3n) is 2.90. The minimum absolute atomic E-state index is 0.0782. The molecule has 3 rings (SSSR count). The Morgan fingerprint density at radius 1 is 1.26 bits per heavy atom. The number of halogens is 2. The van der Waals surface area contributed by atoms with E-state index in [9.17, 15) is 9.18 Å². The summed E-state index contributed by atoms with van der Waals surface area (Å²) < 4.78 is 14.0. The molecule has 1 heterocycles. The van der Waals surface area contributed by atoms with Crippen molar-refractivity contribution in [2.45, 2.75) is 0 Å². The maximum Gasteiger partial charge on any atom is 0.257 e. The van der Waals surface area contributed by atoms with Gasteiger partial charge in [0.25, 0.3) is 5.91 Å². The average molecular weight is 366 g/mol. The largest absolute Gasteiger partial charge is 0.308 e. The van der Waals surface area contributed by atoms with Crippen LogP contribution in [0.2, 0.25) is 5.02 Å². The first-order valence-corrected chi connectivity index (χ1v) is 8.06. The predicted molar refractivity (Wildman–Crippen MR) is 94.7 cm³/mol. The van der Waals surface area contributed by atoms with Gasteiger partial charge in [-0.15, -0.1) is 0 Å². The number of anilines is 1. The number of hydrogen-bond acceptors (Lipinski definition) is 4.